The zero-order valence-corrected chi connectivity index (χ0v) is 15.2. The van der Waals surface area contributed by atoms with Crippen molar-refractivity contribution in [3.05, 3.63) is 71.8 Å². The molecule has 0 saturated carbocycles. The molecule has 6 nitrogen and oxygen atoms in total. The van der Waals surface area contributed by atoms with Crippen LogP contribution in [0.3, 0.4) is 0 Å². The van der Waals surface area contributed by atoms with Crippen LogP contribution in [0, 0.1) is 0 Å². The molecule has 3 aromatic rings. The Balaban J connectivity index is 1.47. The summed E-state index contributed by atoms with van der Waals surface area (Å²) < 4.78 is 40.6. The van der Waals surface area contributed by atoms with Gasteiger partial charge in [-0.05, 0) is 46.5 Å². The molecule has 0 spiro atoms. The van der Waals surface area contributed by atoms with Crippen LogP contribution in [0.1, 0.15) is 17.2 Å². The second-order valence-electron chi connectivity index (χ2n) is 6.82. The Morgan fingerprint density at radius 2 is 1.70 bits per heavy atom. The van der Waals surface area contributed by atoms with Gasteiger partial charge >= 0.3 is 0 Å². The van der Waals surface area contributed by atoms with Crippen LogP contribution < -0.4 is 18.9 Å². The molecular formula is C20H18N2O4S. The number of fused-ring (bicyclic) bond motifs is 2. The minimum absolute atomic E-state index is 0.218. The number of rotatable bonds is 3. The minimum Gasteiger partial charge on any atom is -0.454 e. The fourth-order valence-corrected chi connectivity index (χ4v) is 5.05. The maximum atomic E-state index is 12.2. The van der Waals surface area contributed by atoms with Gasteiger partial charge in [0.25, 0.3) is 10.2 Å². The van der Waals surface area contributed by atoms with E-state index in [1.54, 1.807) is 0 Å². The first kappa shape index (κ1) is 16.6. The minimum atomic E-state index is -3.53. The molecule has 3 aromatic carbocycles. The second-order valence-corrected chi connectivity index (χ2v) is 8.30. The molecule has 0 amide bonds. The maximum absolute atomic E-state index is 12.2. The Morgan fingerprint density at radius 1 is 0.889 bits per heavy atom. The van der Waals surface area contributed by atoms with Gasteiger partial charge in [0.05, 0.1) is 6.04 Å². The molecule has 2 aliphatic rings. The Morgan fingerprint density at radius 3 is 2.59 bits per heavy atom. The van der Waals surface area contributed by atoms with E-state index in [0.717, 1.165) is 27.6 Å². The van der Waals surface area contributed by atoms with Crippen LogP contribution in [0.25, 0.3) is 10.8 Å². The highest BCUT2D eigenvalue weighted by Gasteiger charge is 2.37. The van der Waals surface area contributed by atoms with Gasteiger partial charge in [-0.2, -0.15) is 17.9 Å². The Kier molecular flexibility index (Phi) is 3.82. The van der Waals surface area contributed by atoms with Gasteiger partial charge in [0.2, 0.25) is 6.79 Å². The van der Waals surface area contributed by atoms with Gasteiger partial charge in [0.15, 0.2) is 11.5 Å². The van der Waals surface area contributed by atoms with Crippen molar-refractivity contribution in [3.8, 4) is 11.5 Å². The van der Waals surface area contributed by atoms with E-state index in [4.69, 9.17) is 9.47 Å². The molecule has 1 saturated heterocycles. The lowest BCUT2D eigenvalue weighted by Crippen LogP contribution is -2.30. The van der Waals surface area contributed by atoms with Crippen LogP contribution in [0.5, 0.6) is 11.5 Å². The number of ether oxygens (including phenoxy) is 2. The van der Waals surface area contributed by atoms with Crippen LogP contribution in [-0.4, -0.2) is 21.3 Å². The van der Waals surface area contributed by atoms with E-state index in [2.05, 4.69) is 9.44 Å². The van der Waals surface area contributed by atoms with Crippen molar-refractivity contribution >= 4 is 21.0 Å². The second kappa shape index (κ2) is 6.23. The normalized spacial score (nSPS) is 23.0. The van der Waals surface area contributed by atoms with Crippen molar-refractivity contribution in [2.75, 3.05) is 6.79 Å². The van der Waals surface area contributed by atoms with E-state index in [-0.39, 0.29) is 18.9 Å². The molecule has 7 heteroatoms. The monoisotopic (exact) mass is 382 g/mol. The molecule has 2 unspecified atom stereocenters. The average Bonchev–Trinajstić information content (AvgIpc) is 3.24. The maximum Gasteiger partial charge on any atom is 0.277 e. The van der Waals surface area contributed by atoms with Crippen molar-refractivity contribution in [1.82, 2.24) is 9.44 Å². The number of nitrogens with one attached hydrogen (secondary N) is 2. The molecule has 27 heavy (non-hydrogen) atoms. The highest BCUT2D eigenvalue weighted by Crippen LogP contribution is 2.34. The average molecular weight is 382 g/mol. The molecule has 2 heterocycles. The lowest BCUT2D eigenvalue weighted by molar-refractivity contribution is 0.174. The van der Waals surface area contributed by atoms with Crippen molar-refractivity contribution < 1.29 is 17.9 Å². The predicted molar refractivity (Wildman–Crippen MR) is 102 cm³/mol. The van der Waals surface area contributed by atoms with Gasteiger partial charge in [-0.25, -0.2) is 0 Å². The molecule has 5 rings (SSSR count). The van der Waals surface area contributed by atoms with Crippen LogP contribution in [0.2, 0.25) is 0 Å². The van der Waals surface area contributed by atoms with Gasteiger partial charge in [-0.1, -0.05) is 42.5 Å². The van der Waals surface area contributed by atoms with Crippen molar-refractivity contribution in [2.24, 2.45) is 0 Å². The fourth-order valence-electron chi connectivity index (χ4n) is 3.73. The van der Waals surface area contributed by atoms with E-state index < -0.39 is 10.2 Å². The third kappa shape index (κ3) is 3.14. The van der Waals surface area contributed by atoms with Crippen molar-refractivity contribution in [1.29, 1.82) is 0 Å². The fraction of sp³-hybridized carbons (Fsp3) is 0.200. The van der Waals surface area contributed by atoms with E-state index in [9.17, 15) is 8.42 Å². The van der Waals surface area contributed by atoms with Crippen LogP contribution in [0.4, 0.5) is 0 Å². The first-order valence-corrected chi connectivity index (χ1v) is 10.2. The highest BCUT2D eigenvalue weighted by atomic mass is 32.2. The molecule has 2 atom stereocenters. The summed E-state index contributed by atoms with van der Waals surface area (Å²) >= 11 is 0. The van der Waals surface area contributed by atoms with E-state index in [1.165, 1.54) is 0 Å². The SMILES string of the molecule is O=S1(=O)NC(Cc2ccc3c(c2)OCO3)C(c2ccc3ccccc3c2)N1. The summed E-state index contributed by atoms with van der Waals surface area (Å²) in [6, 6.07) is 19.2. The summed E-state index contributed by atoms with van der Waals surface area (Å²) in [5, 5.41) is 2.21. The highest BCUT2D eigenvalue weighted by molar-refractivity contribution is 7.87. The Hall–Kier alpha value is -2.61. The molecule has 0 bridgehead atoms. The van der Waals surface area contributed by atoms with E-state index >= 15 is 0 Å². The standard InChI is InChI=1S/C20H18N2O4S/c23-27(24)21-17(9-13-5-8-18-19(10-13)26-12-25-18)20(22-27)16-7-6-14-3-1-2-4-15(14)11-16/h1-8,10-11,17,20-22H,9,12H2. The first-order valence-electron chi connectivity index (χ1n) is 8.74. The molecule has 2 aliphatic heterocycles. The summed E-state index contributed by atoms with van der Waals surface area (Å²) in [6.07, 6.45) is 0.542. The topological polar surface area (TPSA) is 76.7 Å². The van der Waals surface area contributed by atoms with Gasteiger partial charge in [-0.15, -0.1) is 0 Å². The number of benzene rings is 3. The molecule has 2 N–H and O–H groups in total. The lowest BCUT2D eigenvalue weighted by Gasteiger charge is -2.18. The third-order valence-electron chi connectivity index (χ3n) is 5.02. The summed E-state index contributed by atoms with van der Waals surface area (Å²) in [6.45, 7) is 0.218. The lowest BCUT2D eigenvalue weighted by atomic mass is 9.93. The summed E-state index contributed by atoms with van der Waals surface area (Å²) in [4.78, 5) is 0. The van der Waals surface area contributed by atoms with Crippen molar-refractivity contribution in [3.63, 3.8) is 0 Å². The van der Waals surface area contributed by atoms with E-state index in [1.807, 2.05) is 60.7 Å². The first-order chi connectivity index (χ1) is 13.1. The quantitative estimate of drug-likeness (QED) is 0.730. The predicted octanol–water partition coefficient (Wildman–Crippen LogP) is 2.66. The largest absolute Gasteiger partial charge is 0.454 e. The smallest absolute Gasteiger partial charge is 0.277 e. The molecule has 138 valence electrons. The third-order valence-corrected chi connectivity index (χ3v) is 6.19. The molecule has 0 radical (unpaired) electrons. The van der Waals surface area contributed by atoms with Crippen LogP contribution in [-0.2, 0) is 16.6 Å². The zero-order chi connectivity index (χ0) is 18.4. The van der Waals surface area contributed by atoms with Crippen LogP contribution >= 0.6 is 0 Å². The number of hydrogen-bond acceptors (Lipinski definition) is 4. The molecule has 0 aromatic heterocycles. The Bertz CT molecular complexity index is 1130. The summed E-state index contributed by atoms with van der Waals surface area (Å²) in [5.74, 6) is 1.42. The summed E-state index contributed by atoms with van der Waals surface area (Å²) in [7, 11) is -3.53. The Labute approximate surface area is 157 Å². The van der Waals surface area contributed by atoms with Gasteiger partial charge in [0.1, 0.15) is 0 Å². The van der Waals surface area contributed by atoms with Crippen molar-refractivity contribution in [2.45, 2.75) is 18.5 Å². The zero-order valence-electron chi connectivity index (χ0n) is 14.4. The molecule has 1 fully saturated rings. The number of hydrogen-bond donors (Lipinski definition) is 2. The molecule has 0 aliphatic carbocycles. The van der Waals surface area contributed by atoms with Gasteiger partial charge in [-0.3, -0.25) is 0 Å². The summed E-state index contributed by atoms with van der Waals surface area (Å²) in [5.41, 5.74) is 1.93. The molecular weight excluding hydrogens is 364 g/mol. The van der Waals surface area contributed by atoms with Crippen LogP contribution in [0.15, 0.2) is 60.7 Å². The van der Waals surface area contributed by atoms with Gasteiger partial charge in [0, 0.05) is 6.04 Å². The van der Waals surface area contributed by atoms with E-state index in [0.29, 0.717) is 12.2 Å². The van der Waals surface area contributed by atoms with Gasteiger partial charge < -0.3 is 9.47 Å².